The molecule has 0 saturated heterocycles. The molecule has 0 heterocycles. The molecule has 0 bridgehead atoms. The fraction of sp³-hybridized carbons (Fsp3) is 0.500. The summed E-state index contributed by atoms with van der Waals surface area (Å²) in [6.45, 7) is 1.27. The van der Waals surface area contributed by atoms with E-state index in [9.17, 15) is 19.7 Å². The van der Waals surface area contributed by atoms with Crippen LogP contribution in [0.3, 0.4) is 0 Å². The summed E-state index contributed by atoms with van der Waals surface area (Å²) in [7, 11) is 0. The fourth-order valence-corrected chi connectivity index (χ4v) is 3.08. The molecule has 24 heavy (non-hydrogen) atoms. The number of nitrogens with zero attached hydrogens (tertiary/aromatic N) is 1. The quantitative estimate of drug-likeness (QED) is 0.378. The lowest BCUT2D eigenvalue weighted by molar-refractivity contribution is -0.385. The van der Waals surface area contributed by atoms with E-state index in [-0.39, 0.29) is 22.2 Å². The van der Waals surface area contributed by atoms with Gasteiger partial charge in [0.15, 0.2) is 6.23 Å². The van der Waals surface area contributed by atoms with Crippen molar-refractivity contribution in [2.75, 3.05) is 0 Å². The van der Waals surface area contributed by atoms with Crippen LogP contribution in [0.15, 0.2) is 18.2 Å². The molecule has 1 amide bonds. The maximum absolute atomic E-state index is 12.5. The standard InChI is InChI=1S/C16H19ClN2O5/c1-10(20)24-16(11-5-3-2-4-6-11)18-15(21)13-8-7-12(17)9-14(13)19(22)23/h7-9,11,16H,2-6H2,1H3,(H,18,21). The molecule has 1 unspecified atom stereocenters. The van der Waals surface area contributed by atoms with Gasteiger partial charge in [-0.25, -0.2) is 0 Å². The molecule has 1 N–H and O–H groups in total. The summed E-state index contributed by atoms with van der Waals surface area (Å²) in [6, 6.07) is 3.82. The van der Waals surface area contributed by atoms with Gasteiger partial charge in [-0.15, -0.1) is 0 Å². The highest BCUT2D eigenvalue weighted by atomic mass is 35.5. The molecule has 1 fully saturated rings. The van der Waals surface area contributed by atoms with Gasteiger partial charge >= 0.3 is 5.97 Å². The zero-order valence-electron chi connectivity index (χ0n) is 13.3. The summed E-state index contributed by atoms with van der Waals surface area (Å²) in [6.07, 6.45) is 3.99. The van der Waals surface area contributed by atoms with Crippen LogP contribution in [0.1, 0.15) is 49.4 Å². The number of rotatable bonds is 5. The maximum Gasteiger partial charge on any atom is 0.304 e. The predicted octanol–water partition coefficient (Wildman–Crippen LogP) is 3.45. The molecule has 1 aromatic rings. The lowest BCUT2D eigenvalue weighted by atomic mass is 9.88. The zero-order chi connectivity index (χ0) is 17.7. The largest absolute Gasteiger partial charge is 0.442 e. The zero-order valence-corrected chi connectivity index (χ0v) is 14.0. The molecule has 0 aliphatic heterocycles. The van der Waals surface area contributed by atoms with Crippen molar-refractivity contribution in [2.45, 2.75) is 45.3 Å². The molecule has 130 valence electrons. The number of hydrogen-bond acceptors (Lipinski definition) is 5. The molecule has 1 aliphatic carbocycles. The first-order valence-corrected chi connectivity index (χ1v) is 8.18. The Morgan fingerprint density at radius 2 is 2.00 bits per heavy atom. The number of nitro benzene ring substituents is 1. The number of carbonyl (C=O) groups excluding carboxylic acids is 2. The summed E-state index contributed by atoms with van der Waals surface area (Å²) in [5.41, 5.74) is -0.498. The second kappa shape index (κ2) is 8.10. The highest BCUT2D eigenvalue weighted by Gasteiger charge is 2.30. The van der Waals surface area contributed by atoms with Crippen molar-refractivity contribution in [3.05, 3.63) is 38.9 Å². The van der Waals surface area contributed by atoms with Crippen LogP contribution < -0.4 is 5.32 Å². The average Bonchev–Trinajstić information content (AvgIpc) is 2.54. The molecule has 0 aromatic heterocycles. The van der Waals surface area contributed by atoms with Crippen LogP contribution >= 0.6 is 11.6 Å². The van der Waals surface area contributed by atoms with Crippen molar-refractivity contribution in [2.24, 2.45) is 5.92 Å². The predicted molar refractivity (Wildman–Crippen MR) is 87.7 cm³/mol. The number of esters is 1. The number of amides is 1. The van der Waals surface area contributed by atoms with E-state index in [4.69, 9.17) is 16.3 Å². The molecule has 1 atom stereocenters. The summed E-state index contributed by atoms with van der Waals surface area (Å²) in [5.74, 6) is -1.15. The van der Waals surface area contributed by atoms with Crippen molar-refractivity contribution in [3.8, 4) is 0 Å². The van der Waals surface area contributed by atoms with E-state index < -0.39 is 23.0 Å². The van der Waals surface area contributed by atoms with E-state index in [0.29, 0.717) is 0 Å². The van der Waals surface area contributed by atoms with Crippen LogP contribution in [0.25, 0.3) is 0 Å². The van der Waals surface area contributed by atoms with Gasteiger partial charge in [0.25, 0.3) is 11.6 Å². The molecule has 1 saturated carbocycles. The van der Waals surface area contributed by atoms with Crippen molar-refractivity contribution in [1.82, 2.24) is 5.32 Å². The normalized spacial score (nSPS) is 16.2. The van der Waals surface area contributed by atoms with Crippen molar-refractivity contribution in [1.29, 1.82) is 0 Å². The Kier molecular flexibility index (Phi) is 6.14. The number of halogens is 1. The molecule has 1 aromatic carbocycles. The highest BCUT2D eigenvalue weighted by molar-refractivity contribution is 6.31. The Bertz CT molecular complexity index is 643. The van der Waals surface area contributed by atoms with Crippen LogP contribution in [0.2, 0.25) is 5.02 Å². The Morgan fingerprint density at radius 3 is 2.58 bits per heavy atom. The number of ether oxygens (including phenoxy) is 1. The number of hydrogen-bond donors (Lipinski definition) is 1. The van der Waals surface area contributed by atoms with Crippen LogP contribution in [0.4, 0.5) is 5.69 Å². The van der Waals surface area contributed by atoms with Crippen molar-refractivity contribution in [3.63, 3.8) is 0 Å². The summed E-state index contributed by atoms with van der Waals surface area (Å²) >= 11 is 5.76. The monoisotopic (exact) mass is 354 g/mol. The Labute approximate surface area is 144 Å². The van der Waals surface area contributed by atoms with Gasteiger partial charge in [0.2, 0.25) is 0 Å². The molecule has 7 nitrogen and oxygen atoms in total. The molecular weight excluding hydrogens is 336 g/mol. The number of nitro groups is 1. The van der Waals surface area contributed by atoms with Gasteiger partial charge in [0, 0.05) is 23.9 Å². The Balaban J connectivity index is 2.20. The molecule has 0 radical (unpaired) electrons. The second-order valence-corrected chi connectivity index (χ2v) is 6.26. The van der Waals surface area contributed by atoms with E-state index in [1.165, 1.54) is 19.1 Å². The Hall–Kier alpha value is -2.15. The highest BCUT2D eigenvalue weighted by Crippen LogP contribution is 2.28. The fourth-order valence-electron chi connectivity index (χ4n) is 2.91. The van der Waals surface area contributed by atoms with E-state index in [2.05, 4.69) is 5.32 Å². The minimum atomic E-state index is -0.786. The van der Waals surface area contributed by atoms with Crippen LogP contribution in [0.5, 0.6) is 0 Å². The van der Waals surface area contributed by atoms with Gasteiger partial charge in [-0.1, -0.05) is 30.9 Å². The van der Waals surface area contributed by atoms with E-state index in [1.807, 2.05) is 0 Å². The van der Waals surface area contributed by atoms with Gasteiger partial charge in [-0.2, -0.15) is 0 Å². The number of nitrogens with one attached hydrogen (secondary N) is 1. The topological polar surface area (TPSA) is 98.5 Å². The smallest absolute Gasteiger partial charge is 0.304 e. The third kappa shape index (κ3) is 4.67. The van der Waals surface area contributed by atoms with Crippen LogP contribution in [0, 0.1) is 16.0 Å². The minimum Gasteiger partial charge on any atom is -0.442 e. The van der Waals surface area contributed by atoms with Gasteiger partial charge in [-0.3, -0.25) is 19.7 Å². The Morgan fingerprint density at radius 1 is 1.33 bits per heavy atom. The second-order valence-electron chi connectivity index (χ2n) is 5.82. The molecule has 8 heteroatoms. The van der Waals surface area contributed by atoms with Crippen LogP contribution in [-0.2, 0) is 9.53 Å². The maximum atomic E-state index is 12.5. The van der Waals surface area contributed by atoms with Gasteiger partial charge < -0.3 is 10.1 Å². The van der Waals surface area contributed by atoms with E-state index in [1.54, 1.807) is 0 Å². The first kappa shape index (κ1) is 18.2. The van der Waals surface area contributed by atoms with Crippen molar-refractivity contribution >= 4 is 29.2 Å². The third-order valence-electron chi connectivity index (χ3n) is 4.05. The number of carbonyl (C=O) groups is 2. The SMILES string of the molecule is CC(=O)OC(NC(=O)c1ccc(Cl)cc1[N+](=O)[O-])C1CCCCC1. The van der Waals surface area contributed by atoms with Crippen LogP contribution in [-0.4, -0.2) is 23.0 Å². The third-order valence-corrected chi connectivity index (χ3v) is 4.28. The van der Waals surface area contributed by atoms with Gasteiger partial charge in [-0.05, 0) is 25.0 Å². The summed E-state index contributed by atoms with van der Waals surface area (Å²) in [4.78, 5) is 34.3. The molecule has 2 rings (SSSR count). The van der Waals surface area contributed by atoms with E-state index >= 15 is 0 Å². The first-order valence-electron chi connectivity index (χ1n) is 7.80. The average molecular weight is 355 g/mol. The summed E-state index contributed by atoms with van der Waals surface area (Å²) in [5, 5.41) is 13.9. The molecular formula is C16H19ClN2O5. The lowest BCUT2D eigenvalue weighted by Gasteiger charge is -2.30. The van der Waals surface area contributed by atoms with Gasteiger partial charge in [0.1, 0.15) is 5.56 Å². The molecule has 1 aliphatic rings. The molecule has 0 spiro atoms. The minimum absolute atomic E-state index is 0.0120. The lowest BCUT2D eigenvalue weighted by Crippen LogP contribution is -2.44. The van der Waals surface area contributed by atoms with Crippen molar-refractivity contribution < 1.29 is 19.2 Å². The summed E-state index contributed by atoms with van der Waals surface area (Å²) < 4.78 is 5.24. The van der Waals surface area contributed by atoms with E-state index in [0.717, 1.165) is 38.2 Å². The van der Waals surface area contributed by atoms with Gasteiger partial charge in [0.05, 0.1) is 4.92 Å². The first-order chi connectivity index (χ1) is 11.4. The number of benzene rings is 1.